The largest absolute Gasteiger partial charge is 0.504 e. The smallest absolute Gasteiger partial charge is 0.356 e. The van der Waals surface area contributed by atoms with Gasteiger partial charge in [0, 0.05) is 5.56 Å². The third kappa shape index (κ3) is 3.58. The van der Waals surface area contributed by atoms with Gasteiger partial charge in [-0.3, -0.25) is 0 Å². The number of unbranched alkanes of at least 4 members (excludes halogenated alkanes) is 1. The molecule has 2 N–H and O–H groups in total. The van der Waals surface area contributed by atoms with Crippen molar-refractivity contribution in [1.29, 1.82) is 0 Å². The molecule has 0 aliphatic rings. The van der Waals surface area contributed by atoms with Crippen LogP contribution in [0, 0.1) is 0 Å². The molecule has 0 bridgehead atoms. The van der Waals surface area contributed by atoms with E-state index in [2.05, 4.69) is 0 Å². The second-order valence-corrected chi connectivity index (χ2v) is 5.20. The highest BCUT2D eigenvalue weighted by Gasteiger charge is 2.29. The van der Waals surface area contributed by atoms with Crippen LogP contribution < -0.4 is 4.57 Å². The van der Waals surface area contributed by atoms with E-state index in [1.807, 2.05) is 24.7 Å². The zero-order valence-corrected chi connectivity index (χ0v) is 12.8. The van der Waals surface area contributed by atoms with Crippen LogP contribution in [-0.4, -0.2) is 27.4 Å². The lowest BCUT2D eigenvalue weighted by molar-refractivity contribution is -0.701. The second kappa shape index (κ2) is 6.98. The summed E-state index contributed by atoms with van der Waals surface area (Å²) in [6.07, 6.45) is 7.08. The van der Waals surface area contributed by atoms with E-state index >= 15 is 0 Å². The van der Waals surface area contributed by atoms with E-state index in [-0.39, 0.29) is 11.5 Å². The molecule has 0 amide bonds. The summed E-state index contributed by atoms with van der Waals surface area (Å²) in [5.41, 5.74) is 0.549. The summed E-state index contributed by atoms with van der Waals surface area (Å²) in [6, 6.07) is 3.63. The Balaban J connectivity index is 2.32. The van der Waals surface area contributed by atoms with Gasteiger partial charge in [-0.2, -0.15) is 0 Å². The molecular formula is C16H21N2O4+. The van der Waals surface area contributed by atoms with E-state index in [1.165, 1.54) is 12.1 Å². The van der Waals surface area contributed by atoms with Gasteiger partial charge >= 0.3 is 5.97 Å². The van der Waals surface area contributed by atoms with Crippen molar-refractivity contribution in [3.05, 3.63) is 42.5 Å². The number of carbonyl (C=O) groups excluding carboxylic acids is 1. The van der Waals surface area contributed by atoms with Crippen LogP contribution in [0.3, 0.4) is 0 Å². The second-order valence-electron chi connectivity index (χ2n) is 5.20. The number of hydrogen-bond acceptors (Lipinski definition) is 4. The van der Waals surface area contributed by atoms with E-state index in [4.69, 9.17) is 4.74 Å². The van der Waals surface area contributed by atoms with E-state index in [9.17, 15) is 15.0 Å². The molecule has 0 saturated heterocycles. The number of hydrogen-bond donors (Lipinski definition) is 2. The number of nitrogens with zero attached hydrogens (tertiary/aromatic N) is 2. The fraction of sp³-hybridized carbons (Fsp3) is 0.375. The van der Waals surface area contributed by atoms with Crippen molar-refractivity contribution in [1.82, 2.24) is 4.57 Å². The highest BCUT2D eigenvalue weighted by molar-refractivity contribution is 5.76. The van der Waals surface area contributed by atoms with Crippen molar-refractivity contribution >= 4 is 5.97 Å². The summed E-state index contributed by atoms with van der Waals surface area (Å²) in [5.74, 6) is -0.880. The van der Waals surface area contributed by atoms with Crippen molar-refractivity contribution in [2.45, 2.75) is 25.8 Å². The summed E-state index contributed by atoms with van der Waals surface area (Å²) in [7, 11) is 1.85. The van der Waals surface area contributed by atoms with Gasteiger partial charge in [-0.1, -0.05) is 19.4 Å². The van der Waals surface area contributed by atoms with E-state index in [0.29, 0.717) is 12.2 Å². The predicted molar refractivity (Wildman–Crippen MR) is 79.4 cm³/mol. The van der Waals surface area contributed by atoms with E-state index in [0.717, 1.165) is 12.8 Å². The van der Waals surface area contributed by atoms with Gasteiger partial charge in [0.25, 0.3) is 0 Å². The fourth-order valence-electron chi connectivity index (χ4n) is 2.16. The van der Waals surface area contributed by atoms with Crippen molar-refractivity contribution in [3.8, 4) is 11.5 Å². The SMILES string of the molecule is CCCCOC(=O)C(c1ccc(O)c(O)c1)[n+]1ccn(C)c1. The number of ether oxygens (including phenoxy) is 1. The summed E-state index contributed by atoms with van der Waals surface area (Å²) >= 11 is 0. The van der Waals surface area contributed by atoms with Gasteiger partial charge in [-0.15, -0.1) is 0 Å². The van der Waals surface area contributed by atoms with Gasteiger partial charge in [0.1, 0.15) is 12.4 Å². The Labute approximate surface area is 129 Å². The molecule has 118 valence electrons. The number of aromatic nitrogens is 2. The minimum absolute atomic E-state index is 0.222. The Kier molecular flexibility index (Phi) is 5.04. The maximum absolute atomic E-state index is 12.4. The third-order valence-electron chi connectivity index (χ3n) is 3.37. The molecule has 2 rings (SSSR count). The normalized spacial score (nSPS) is 12.1. The van der Waals surface area contributed by atoms with Crippen molar-refractivity contribution in [3.63, 3.8) is 0 Å². The molecule has 0 aliphatic carbocycles. The first-order valence-electron chi connectivity index (χ1n) is 7.24. The van der Waals surface area contributed by atoms with Crippen LogP contribution in [0.1, 0.15) is 31.4 Å². The minimum atomic E-state index is -0.704. The van der Waals surface area contributed by atoms with Crippen LogP contribution in [0.2, 0.25) is 0 Å². The summed E-state index contributed by atoms with van der Waals surface area (Å²) in [5, 5.41) is 19.1. The summed E-state index contributed by atoms with van der Waals surface area (Å²) in [4.78, 5) is 12.4. The van der Waals surface area contributed by atoms with Crippen molar-refractivity contribution in [2.75, 3.05) is 6.61 Å². The molecule has 1 aromatic heterocycles. The number of phenols is 2. The van der Waals surface area contributed by atoms with Gasteiger partial charge in [0.2, 0.25) is 12.4 Å². The van der Waals surface area contributed by atoms with Crippen LogP contribution in [0.25, 0.3) is 0 Å². The van der Waals surface area contributed by atoms with Crippen molar-refractivity contribution in [2.24, 2.45) is 7.05 Å². The molecule has 1 unspecified atom stereocenters. The first-order valence-corrected chi connectivity index (χ1v) is 7.24. The van der Waals surface area contributed by atoms with E-state index in [1.54, 1.807) is 23.2 Å². The maximum Gasteiger partial charge on any atom is 0.356 e. The summed E-state index contributed by atoms with van der Waals surface area (Å²) < 4.78 is 8.84. The maximum atomic E-state index is 12.4. The monoisotopic (exact) mass is 305 g/mol. The topological polar surface area (TPSA) is 75.6 Å². The molecule has 22 heavy (non-hydrogen) atoms. The lowest BCUT2D eigenvalue weighted by atomic mass is 10.1. The molecule has 0 saturated carbocycles. The first-order chi connectivity index (χ1) is 10.5. The first kappa shape index (κ1) is 15.9. The van der Waals surface area contributed by atoms with Gasteiger partial charge in [-0.05, 0) is 18.6 Å². The van der Waals surface area contributed by atoms with Gasteiger partial charge in [0.15, 0.2) is 11.5 Å². The molecule has 2 aromatic rings. The zero-order chi connectivity index (χ0) is 16.1. The number of benzene rings is 1. The lowest BCUT2D eigenvalue weighted by Gasteiger charge is -2.14. The number of phenolic OH excluding ortho intramolecular Hbond substituents is 2. The number of carbonyl (C=O) groups is 1. The number of aromatic hydroxyl groups is 2. The van der Waals surface area contributed by atoms with Crippen LogP contribution >= 0.6 is 0 Å². The fourth-order valence-corrected chi connectivity index (χ4v) is 2.16. The minimum Gasteiger partial charge on any atom is -0.504 e. The Bertz CT molecular complexity index is 651. The molecule has 0 spiro atoms. The quantitative estimate of drug-likeness (QED) is 0.368. The number of aryl methyl sites for hydroxylation is 1. The Morgan fingerprint density at radius 3 is 2.73 bits per heavy atom. The average molecular weight is 305 g/mol. The molecule has 1 aromatic carbocycles. The zero-order valence-electron chi connectivity index (χ0n) is 12.8. The lowest BCUT2D eigenvalue weighted by Crippen LogP contribution is -2.44. The van der Waals surface area contributed by atoms with E-state index < -0.39 is 12.0 Å². The molecular weight excluding hydrogens is 284 g/mol. The standard InChI is InChI=1S/C16H20N2O4/c1-3-4-9-22-16(21)15(18-8-7-17(2)11-18)12-5-6-13(19)14(20)10-12/h5-8,10-11,15H,3-4,9H2,1-2H3,(H-,19,20)/p+1. The molecule has 0 fully saturated rings. The van der Waals surface area contributed by atoms with Crippen LogP contribution in [0.4, 0.5) is 0 Å². The third-order valence-corrected chi connectivity index (χ3v) is 3.37. The molecule has 1 atom stereocenters. The molecule has 6 heteroatoms. The predicted octanol–water partition coefficient (Wildman–Crippen LogP) is 1.66. The van der Waals surface area contributed by atoms with Crippen molar-refractivity contribution < 1.29 is 24.3 Å². The van der Waals surface area contributed by atoms with Gasteiger partial charge in [0.05, 0.1) is 13.7 Å². The molecule has 0 aliphatic heterocycles. The van der Waals surface area contributed by atoms with Crippen LogP contribution in [0.5, 0.6) is 11.5 Å². The number of rotatable bonds is 6. The van der Waals surface area contributed by atoms with Crippen LogP contribution in [0.15, 0.2) is 36.9 Å². The van der Waals surface area contributed by atoms with Crippen LogP contribution in [-0.2, 0) is 16.6 Å². The Morgan fingerprint density at radius 2 is 2.14 bits per heavy atom. The average Bonchev–Trinajstić information content (AvgIpc) is 2.89. The summed E-state index contributed by atoms with van der Waals surface area (Å²) in [6.45, 7) is 2.39. The van der Waals surface area contributed by atoms with Gasteiger partial charge < -0.3 is 14.9 Å². The molecule has 1 heterocycles. The molecule has 0 radical (unpaired) electrons. The number of imidazole rings is 1. The Hall–Kier alpha value is -2.50. The highest BCUT2D eigenvalue weighted by Crippen LogP contribution is 2.28. The number of esters is 1. The highest BCUT2D eigenvalue weighted by atomic mass is 16.5. The van der Waals surface area contributed by atoms with Gasteiger partial charge in [-0.25, -0.2) is 13.9 Å². The molecule has 6 nitrogen and oxygen atoms in total. The Morgan fingerprint density at radius 1 is 1.36 bits per heavy atom.